The predicted molar refractivity (Wildman–Crippen MR) is 110 cm³/mol. The van der Waals surface area contributed by atoms with Gasteiger partial charge in [0.15, 0.2) is 5.96 Å². The highest BCUT2D eigenvalue weighted by molar-refractivity contribution is 6.30. The maximum atomic E-state index is 6.20. The van der Waals surface area contributed by atoms with Gasteiger partial charge in [-0.1, -0.05) is 23.7 Å². The highest BCUT2D eigenvalue weighted by Crippen LogP contribution is 2.25. The molecule has 2 aromatic rings. The third-order valence-electron chi connectivity index (χ3n) is 4.52. The molecule has 0 aromatic heterocycles. The molecule has 1 fully saturated rings. The Labute approximate surface area is 164 Å². The number of hydrogen-bond donors (Lipinski definition) is 2. The Morgan fingerprint density at radius 3 is 2.67 bits per heavy atom. The van der Waals surface area contributed by atoms with Crippen molar-refractivity contribution in [2.24, 2.45) is 10.7 Å². The van der Waals surface area contributed by atoms with E-state index in [0.29, 0.717) is 12.5 Å². The maximum absolute atomic E-state index is 6.20. The first-order valence-electron chi connectivity index (χ1n) is 8.94. The van der Waals surface area contributed by atoms with Crippen LogP contribution in [0.25, 0.3) is 0 Å². The Morgan fingerprint density at radius 2 is 2.00 bits per heavy atom. The number of hydrogen-bond acceptors (Lipinski definition) is 4. The SMILES string of the molecule is COc1ccc(NC(N)=NCC(c2cccc(Cl)c2)N2CCOCC2)cc1. The lowest BCUT2D eigenvalue weighted by molar-refractivity contribution is 0.0180. The van der Waals surface area contributed by atoms with Gasteiger partial charge in [-0.3, -0.25) is 9.89 Å². The number of aliphatic imine (C=N–C) groups is 1. The summed E-state index contributed by atoms with van der Waals surface area (Å²) in [6.45, 7) is 3.70. The topological polar surface area (TPSA) is 72.1 Å². The summed E-state index contributed by atoms with van der Waals surface area (Å²) in [5.74, 6) is 1.17. The van der Waals surface area contributed by atoms with Crippen molar-refractivity contribution >= 4 is 23.2 Å². The minimum atomic E-state index is 0.101. The average molecular weight is 389 g/mol. The molecule has 2 aromatic carbocycles. The number of halogens is 1. The van der Waals surface area contributed by atoms with E-state index in [1.54, 1.807) is 7.11 Å². The van der Waals surface area contributed by atoms with Crippen molar-refractivity contribution in [3.8, 4) is 5.75 Å². The van der Waals surface area contributed by atoms with Crippen molar-refractivity contribution in [1.29, 1.82) is 0 Å². The van der Waals surface area contributed by atoms with E-state index in [2.05, 4.69) is 21.3 Å². The van der Waals surface area contributed by atoms with Crippen LogP contribution in [0.4, 0.5) is 5.69 Å². The summed E-state index contributed by atoms with van der Waals surface area (Å²) in [6.07, 6.45) is 0. The number of nitrogens with one attached hydrogen (secondary N) is 1. The van der Waals surface area contributed by atoms with Gasteiger partial charge in [0, 0.05) is 23.8 Å². The summed E-state index contributed by atoms with van der Waals surface area (Å²) >= 11 is 6.20. The van der Waals surface area contributed by atoms with E-state index < -0.39 is 0 Å². The number of guanidine groups is 1. The molecule has 27 heavy (non-hydrogen) atoms. The number of nitrogens with zero attached hydrogens (tertiary/aromatic N) is 2. The van der Waals surface area contributed by atoms with Gasteiger partial charge in [-0.15, -0.1) is 0 Å². The van der Waals surface area contributed by atoms with Crippen LogP contribution in [0.5, 0.6) is 5.75 Å². The number of rotatable bonds is 6. The molecule has 1 saturated heterocycles. The molecule has 7 heteroatoms. The highest BCUT2D eigenvalue weighted by atomic mass is 35.5. The molecule has 0 saturated carbocycles. The molecular weight excluding hydrogens is 364 g/mol. The molecule has 3 N–H and O–H groups in total. The van der Waals surface area contributed by atoms with Crippen LogP contribution < -0.4 is 15.8 Å². The van der Waals surface area contributed by atoms with E-state index in [0.717, 1.165) is 48.3 Å². The van der Waals surface area contributed by atoms with Gasteiger partial charge >= 0.3 is 0 Å². The molecule has 6 nitrogen and oxygen atoms in total. The summed E-state index contributed by atoms with van der Waals surface area (Å²) < 4.78 is 10.6. The normalized spacial score (nSPS) is 16.7. The molecule has 0 spiro atoms. The van der Waals surface area contributed by atoms with Crippen LogP contribution in [0.15, 0.2) is 53.5 Å². The minimum Gasteiger partial charge on any atom is -0.497 e. The Balaban J connectivity index is 1.71. The fourth-order valence-electron chi connectivity index (χ4n) is 3.08. The van der Waals surface area contributed by atoms with E-state index in [1.165, 1.54) is 0 Å². The third kappa shape index (κ3) is 5.60. The molecule has 0 amide bonds. The van der Waals surface area contributed by atoms with Crippen molar-refractivity contribution in [2.45, 2.75) is 6.04 Å². The minimum absolute atomic E-state index is 0.101. The van der Waals surface area contributed by atoms with E-state index in [4.69, 9.17) is 26.8 Å². The van der Waals surface area contributed by atoms with Gasteiger partial charge in [-0.05, 0) is 42.0 Å². The van der Waals surface area contributed by atoms with Gasteiger partial charge in [0.25, 0.3) is 0 Å². The zero-order valence-electron chi connectivity index (χ0n) is 15.4. The van der Waals surface area contributed by atoms with E-state index in [9.17, 15) is 0 Å². The third-order valence-corrected chi connectivity index (χ3v) is 4.75. The molecule has 0 bridgehead atoms. The first kappa shape index (κ1) is 19.5. The van der Waals surface area contributed by atoms with Crippen LogP contribution in [0, 0.1) is 0 Å². The molecule has 0 aliphatic carbocycles. The Kier molecular flexibility index (Phi) is 6.92. The summed E-state index contributed by atoms with van der Waals surface area (Å²) in [6, 6.07) is 15.6. The first-order valence-corrected chi connectivity index (χ1v) is 9.32. The summed E-state index contributed by atoms with van der Waals surface area (Å²) in [5.41, 5.74) is 8.09. The van der Waals surface area contributed by atoms with Crippen molar-refractivity contribution in [1.82, 2.24) is 4.90 Å². The number of morpholine rings is 1. The second-order valence-corrected chi connectivity index (χ2v) is 6.74. The van der Waals surface area contributed by atoms with Crippen LogP contribution in [0.2, 0.25) is 5.02 Å². The van der Waals surface area contributed by atoms with Crippen LogP contribution >= 0.6 is 11.6 Å². The molecule has 1 aliphatic rings. The van der Waals surface area contributed by atoms with Gasteiger partial charge in [0.1, 0.15) is 5.75 Å². The van der Waals surface area contributed by atoms with Gasteiger partial charge in [-0.2, -0.15) is 0 Å². The molecule has 1 heterocycles. The monoisotopic (exact) mass is 388 g/mol. The lowest BCUT2D eigenvalue weighted by Gasteiger charge is -2.34. The summed E-state index contributed by atoms with van der Waals surface area (Å²) in [4.78, 5) is 6.93. The summed E-state index contributed by atoms with van der Waals surface area (Å²) in [7, 11) is 1.64. The molecule has 1 atom stereocenters. The molecule has 0 radical (unpaired) electrons. The Bertz CT molecular complexity index is 761. The molecule has 3 rings (SSSR count). The lowest BCUT2D eigenvalue weighted by Crippen LogP contribution is -2.40. The van der Waals surface area contributed by atoms with E-state index >= 15 is 0 Å². The zero-order valence-corrected chi connectivity index (χ0v) is 16.2. The number of nitrogens with two attached hydrogens (primary N) is 1. The fourth-order valence-corrected chi connectivity index (χ4v) is 3.28. The predicted octanol–water partition coefficient (Wildman–Crippen LogP) is 3.15. The van der Waals surface area contributed by atoms with E-state index in [1.807, 2.05) is 42.5 Å². The van der Waals surface area contributed by atoms with Crippen molar-refractivity contribution in [3.05, 3.63) is 59.1 Å². The van der Waals surface area contributed by atoms with Gasteiger partial charge in [0.05, 0.1) is 32.9 Å². The lowest BCUT2D eigenvalue weighted by atomic mass is 10.0. The van der Waals surface area contributed by atoms with Crippen LogP contribution in [-0.4, -0.2) is 50.8 Å². The van der Waals surface area contributed by atoms with Gasteiger partial charge in [-0.25, -0.2) is 0 Å². The fraction of sp³-hybridized carbons (Fsp3) is 0.350. The molecule has 144 valence electrons. The van der Waals surface area contributed by atoms with Crippen molar-refractivity contribution < 1.29 is 9.47 Å². The smallest absolute Gasteiger partial charge is 0.193 e. The van der Waals surface area contributed by atoms with E-state index in [-0.39, 0.29) is 6.04 Å². The Hall–Kier alpha value is -2.28. The number of methoxy groups -OCH3 is 1. The highest BCUT2D eigenvalue weighted by Gasteiger charge is 2.22. The molecule has 1 aliphatic heterocycles. The van der Waals surface area contributed by atoms with Gasteiger partial charge < -0.3 is 20.5 Å². The van der Waals surface area contributed by atoms with Crippen molar-refractivity contribution in [3.63, 3.8) is 0 Å². The Morgan fingerprint density at radius 1 is 1.26 bits per heavy atom. The van der Waals surface area contributed by atoms with Crippen LogP contribution in [-0.2, 0) is 4.74 Å². The summed E-state index contributed by atoms with van der Waals surface area (Å²) in [5, 5.41) is 3.84. The van der Waals surface area contributed by atoms with Crippen LogP contribution in [0.3, 0.4) is 0 Å². The number of anilines is 1. The zero-order chi connectivity index (χ0) is 19.1. The maximum Gasteiger partial charge on any atom is 0.193 e. The molecule has 1 unspecified atom stereocenters. The van der Waals surface area contributed by atoms with Gasteiger partial charge in [0.2, 0.25) is 0 Å². The molecular formula is C20H25ClN4O2. The second kappa shape index (κ2) is 9.60. The number of ether oxygens (including phenoxy) is 2. The first-order chi connectivity index (χ1) is 13.2. The van der Waals surface area contributed by atoms with Crippen LogP contribution in [0.1, 0.15) is 11.6 Å². The largest absolute Gasteiger partial charge is 0.497 e. The van der Waals surface area contributed by atoms with Crippen molar-refractivity contribution in [2.75, 3.05) is 45.3 Å². The standard InChI is InChI=1S/C20H25ClN4O2/c1-26-18-7-5-17(6-8-18)24-20(22)23-14-19(25-9-11-27-12-10-25)15-3-2-4-16(21)13-15/h2-8,13,19H,9-12,14H2,1H3,(H3,22,23,24). The number of benzene rings is 2. The average Bonchev–Trinajstić information content (AvgIpc) is 2.70. The second-order valence-electron chi connectivity index (χ2n) is 6.30. The quantitative estimate of drug-likeness (QED) is 0.587.